The van der Waals surface area contributed by atoms with Gasteiger partial charge < -0.3 is 4.57 Å². The summed E-state index contributed by atoms with van der Waals surface area (Å²) in [5.74, 6) is 1.43. The fraction of sp³-hybridized carbons (Fsp3) is 0.316. The van der Waals surface area contributed by atoms with E-state index in [2.05, 4.69) is 28.6 Å². The van der Waals surface area contributed by atoms with E-state index in [1.807, 2.05) is 24.3 Å². The average Bonchev–Trinajstić information content (AvgIpc) is 3.15. The topological polar surface area (TPSA) is 21.1 Å². The van der Waals surface area contributed by atoms with Crippen molar-refractivity contribution in [2.75, 3.05) is 13.1 Å². The Morgan fingerprint density at radius 1 is 1.13 bits per heavy atom. The van der Waals surface area contributed by atoms with Crippen molar-refractivity contribution in [1.82, 2.24) is 14.5 Å². The third kappa shape index (κ3) is 2.75. The van der Waals surface area contributed by atoms with Crippen LogP contribution in [-0.2, 0) is 13.6 Å². The van der Waals surface area contributed by atoms with Crippen LogP contribution in [0.4, 0.5) is 4.39 Å². The fourth-order valence-corrected chi connectivity index (χ4v) is 3.52. The molecule has 3 nitrogen and oxygen atoms in total. The Labute approximate surface area is 135 Å². The zero-order valence-corrected chi connectivity index (χ0v) is 13.2. The molecule has 1 aromatic heterocycles. The normalized spacial score (nSPS) is 18.8. The van der Waals surface area contributed by atoms with E-state index in [4.69, 9.17) is 4.98 Å². The Hall–Kier alpha value is -2.20. The van der Waals surface area contributed by atoms with Crippen LogP contribution in [0.3, 0.4) is 0 Å². The van der Waals surface area contributed by atoms with Gasteiger partial charge in [-0.25, -0.2) is 9.37 Å². The second kappa shape index (κ2) is 5.78. The first-order valence-electron chi connectivity index (χ1n) is 8.09. The number of hydrogen-bond donors (Lipinski definition) is 0. The third-order valence-electron chi connectivity index (χ3n) is 4.86. The van der Waals surface area contributed by atoms with Crippen molar-refractivity contribution in [3.63, 3.8) is 0 Å². The zero-order chi connectivity index (χ0) is 15.8. The number of halogens is 1. The Kier molecular flexibility index (Phi) is 3.62. The highest BCUT2D eigenvalue weighted by Gasteiger charge is 2.25. The molecule has 1 aliphatic heterocycles. The lowest BCUT2D eigenvalue weighted by Gasteiger charge is -2.16. The summed E-state index contributed by atoms with van der Waals surface area (Å²) in [5, 5.41) is 0. The van der Waals surface area contributed by atoms with E-state index in [9.17, 15) is 4.39 Å². The molecule has 0 N–H and O–H groups in total. The van der Waals surface area contributed by atoms with Gasteiger partial charge in [-0.05, 0) is 48.7 Å². The van der Waals surface area contributed by atoms with E-state index < -0.39 is 0 Å². The molecule has 0 saturated carbocycles. The first kappa shape index (κ1) is 14.4. The minimum atomic E-state index is -0.164. The predicted octanol–water partition coefficient (Wildman–Crippen LogP) is 3.70. The molecule has 1 atom stereocenters. The maximum Gasteiger partial charge on any atom is 0.123 e. The number of nitrogens with zero attached hydrogens (tertiary/aromatic N) is 3. The highest BCUT2D eigenvalue weighted by Crippen LogP contribution is 2.28. The number of aromatic nitrogens is 2. The molecular weight excluding hydrogens is 289 g/mol. The molecule has 1 unspecified atom stereocenters. The molecule has 4 heteroatoms. The van der Waals surface area contributed by atoms with Crippen LogP contribution < -0.4 is 0 Å². The van der Waals surface area contributed by atoms with E-state index in [0.29, 0.717) is 5.92 Å². The van der Waals surface area contributed by atoms with Gasteiger partial charge in [-0.15, -0.1) is 0 Å². The molecule has 3 aromatic rings. The van der Waals surface area contributed by atoms with Gasteiger partial charge in [0.2, 0.25) is 0 Å². The van der Waals surface area contributed by atoms with Crippen molar-refractivity contribution in [3.8, 4) is 0 Å². The predicted molar refractivity (Wildman–Crippen MR) is 89.7 cm³/mol. The largest absolute Gasteiger partial charge is 0.330 e. The number of benzene rings is 2. The summed E-state index contributed by atoms with van der Waals surface area (Å²) in [6.45, 7) is 2.93. The van der Waals surface area contributed by atoms with Crippen molar-refractivity contribution >= 4 is 11.0 Å². The van der Waals surface area contributed by atoms with Gasteiger partial charge in [-0.1, -0.05) is 24.3 Å². The number of hydrogen-bond acceptors (Lipinski definition) is 2. The van der Waals surface area contributed by atoms with E-state index in [0.717, 1.165) is 37.4 Å². The number of aryl methyl sites for hydroxylation is 1. The molecule has 2 heterocycles. The summed E-state index contributed by atoms with van der Waals surface area (Å²) >= 11 is 0. The number of rotatable bonds is 3. The maximum absolute atomic E-state index is 13.1. The van der Waals surface area contributed by atoms with Crippen LogP contribution in [0.1, 0.15) is 23.7 Å². The van der Waals surface area contributed by atoms with Crippen LogP contribution in [0.15, 0.2) is 48.5 Å². The first-order valence-corrected chi connectivity index (χ1v) is 8.09. The van der Waals surface area contributed by atoms with Crippen molar-refractivity contribution in [3.05, 3.63) is 65.7 Å². The minimum Gasteiger partial charge on any atom is -0.330 e. The summed E-state index contributed by atoms with van der Waals surface area (Å²) < 4.78 is 15.2. The lowest BCUT2D eigenvalue weighted by Crippen LogP contribution is -2.21. The number of fused-ring (bicyclic) bond motifs is 1. The summed E-state index contributed by atoms with van der Waals surface area (Å²) in [5.41, 5.74) is 3.47. The Balaban J connectivity index is 1.49. The molecule has 0 spiro atoms. The van der Waals surface area contributed by atoms with Gasteiger partial charge in [0.1, 0.15) is 11.6 Å². The first-order chi connectivity index (χ1) is 11.2. The highest BCUT2D eigenvalue weighted by molar-refractivity contribution is 5.75. The number of imidazole rings is 1. The summed E-state index contributed by atoms with van der Waals surface area (Å²) in [4.78, 5) is 7.20. The van der Waals surface area contributed by atoms with Gasteiger partial charge in [0.05, 0.1) is 17.6 Å². The average molecular weight is 309 g/mol. The van der Waals surface area contributed by atoms with Gasteiger partial charge >= 0.3 is 0 Å². The molecule has 0 aliphatic carbocycles. The van der Waals surface area contributed by atoms with Crippen LogP contribution in [0.2, 0.25) is 0 Å². The minimum absolute atomic E-state index is 0.164. The highest BCUT2D eigenvalue weighted by atomic mass is 19.1. The lowest BCUT2D eigenvalue weighted by molar-refractivity contribution is 0.315. The summed E-state index contributed by atoms with van der Waals surface area (Å²) in [6.07, 6.45) is 1.12. The molecule has 0 amide bonds. The molecule has 0 radical (unpaired) electrons. The molecule has 118 valence electrons. The summed E-state index contributed by atoms with van der Waals surface area (Å²) in [6, 6.07) is 15.2. The number of likely N-dealkylation sites (tertiary alicyclic amines) is 1. The Bertz CT molecular complexity index is 822. The molecule has 1 saturated heterocycles. The zero-order valence-electron chi connectivity index (χ0n) is 13.2. The summed E-state index contributed by atoms with van der Waals surface area (Å²) in [7, 11) is 2.08. The monoisotopic (exact) mass is 309 g/mol. The third-order valence-corrected chi connectivity index (χ3v) is 4.86. The van der Waals surface area contributed by atoms with Crippen LogP contribution in [0, 0.1) is 5.82 Å². The quantitative estimate of drug-likeness (QED) is 0.735. The standard InChI is InChI=1S/C19H20FN3/c1-22-18-5-3-2-4-17(18)21-19(22)13-23-11-10-15(12-23)14-6-8-16(20)9-7-14/h2-9,15H,10-13H2,1H3. The van der Waals surface area contributed by atoms with Crippen LogP contribution in [0.5, 0.6) is 0 Å². The molecule has 4 rings (SSSR count). The molecule has 0 bridgehead atoms. The Morgan fingerprint density at radius 3 is 2.70 bits per heavy atom. The van der Waals surface area contributed by atoms with E-state index in [-0.39, 0.29) is 5.82 Å². The fourth-order valence-electron chi connectivity index (χ4n) is 3.52. The van der Waals surface area contributed by atoms with Crippen LogP contribution in [-0.4, -0.2) is 27.5 Å². The van der Waals surface area contributed by atoms with Gasteiger partial charge in [0.15, 0.2) is 0 Å². The van der Waals surface area contributed by atoms with Crippen molar-refractivity contribution < 1.29 is 4.39 Å². The molecular formula is C19H20FN3. The van der Waals surface area contributed by atoms with E-state index in [1.165, 1.54) is 11.1 Å². The smallest absolute Gasteiger partial charge is 0.123 e. The van der Waals surface area contributed by atoms with Gasteiger partial charge in [0.25, 0.3) is 0 Å². The second-order valence-electron chi connectivity index (χ2n) is 6.35. The van der Waals surface area contributed by atoms with Crippen molar-refractivity contribution in [1.29, 1.82) is 0 Å². The molecule has 23 heavy (non-hydrogen) atoms. The second-order valence-corrected chi connectivity index (χ2v) is 6.35. The van der Waals surface area contributed by atoms with E-state index >= 15 is 0 Å². The maximum atomic E-state index is 13.1. The lowest BCUT2D eigenvalue weighted by atomic mass is 9.99. The van der Waals surface area contributed by atoms with E-state index in [1.54, 1.807) is 12.1 Å². The molecule has 2 aromatic carbocycles. The molecule has 1 aliphatic rings. The Morgan fingerprint density at radius 2 is 1.91 bits per heavy atom. The van der Waals surface area contributed by atoms with Gasteiger partial charge in [-0.3, -0.25) is 4.90 Å². The molecule has 1 fully saturated rings. The SMILES string of the molecule is Cn1c(CN2CCC(c3ccc(F)cc3)C2)nc2ccccc21. The van der Waals surface area contributed by atoms with Crippen molar-refractivity contribution in [2.24, 2.45) is 7.05 Å². The van der Waals surface area contributed by atoms with Gasteiger partial charge in [0, 0.05) is 13.6 Å². The van der Waals surface area contributed by atoms with Crippen molar-refractivity contribution in [2.45, 2.75) is 18.9 Å². The van der Waals surface area contributed by atoms with Gasteiger partial charge in [-0.2, -0.15) is 0 Å². The van der Waals surface area contributed by atoms with Crippen LogP contribution >= 0.6 is 0 Å². The number of para-hydroxylation sites is 2. The van der Waals surface area contributed by atoms with Crippen LogP contribution in [0.25, 0.3) is 11.0 Å².